The molecule has 2 aromatic carbocycles. The number of halogens is 1. The predicted molar refractivity (Wildman–Crippen MR) is 94.9 cm³/mol. The van der Waals surface area contributed by atoms with Crippen molar-refractivity contribution in [3.05, 3.63) is 62.7 Å². The van der Waals surface area contributed by atoms with Gasteiger partial charge in [-0.25, -0.2) is 4.79 Å². The Labute approximate surface area is 158 Å². The fourth-order valence-corrected chi connectivity index (χ4v) is 3.09. The summed E-state index contributed by atoms with van der Waals surface area (Å²) >= 11 is 5.96. The Bertz CT molecular complexity index is 930. The standard InChI is InChI=1S/C18H14ClNO7/c19-12-2-3-13-16(8-12)26-6-5-18(13,9-21)10-27-15-4-1-11(17(22)23)7-14(15)20(24)25/h1-4,7-9H,5-6,10H2,(H,22,23). The highest BCUT2D eigenvalue weighted by Gasteiger charge is 2.39. The van der Waals surface area contributed by atoms with Gasteiger partial charge in [0.2, 0.25) is 0 Å². The van der Waals surface area contributed by atoms with Gasteiger partial charge in [-0.05, 0) is 24.3 Å². The van der Waals surface area contributed by atoms with Crippen LogP contribution < -0.4 is 9.47 Å². The minimum absolute atomic E-state index is 0.117. The topological polar surface area (TPSA) is 116 Å². The van der Waals surface area contributed by atoms with Gasteiger partial charge in [0.05, 0.1) is 22.5 Å². The lowest BCUT2D eigenvalue weighted by Crippen LogP contribution is -2.40. The van der Waals surface area contributed by atoms with Crippen LogP contribution in [0.25, 0.3) is 0 Å². The highest BCUT2D eigenvalue weighted by Crippen LogP contribution is 2.40. The van der Waals surface area contributed by atoms with Crippen LogP contribution in [0.2, 0.25) is 5.02 Å². The van der Waals surface area contributed by atoms with Crippen LogP contribution in [0, 0.1) is 10.1 Å². The van der Waals surface area contributed by atoms with Gasteiger partial charge in [-0.2, -0.15) is 0 Å². The van der Waals surface area contributed by atoms with Crippen molar-refractivity contribution in [2.45, 2.75) is 11.8 Å². The van der Waals surface area contributed by atoms with E-state index >= 15 is 0 Å². The number of aromatic carboxylic acids is 1. The summed E-state index contributed by atoms with van der Waals surface area (Å²) in [5.74, 6) is -0.947. The summed E-state index contributed by atoms with van der Waals surface area (Å²) < 4.78 is 11.1. The third-order valence-electron chi connectivity index (χ3n) is 4.40. The minimum atomic E-state index is -1.29. The summed E-state index contributed by atoms with van der Waals surface area (Å²) in [5, 5.41) is 20.7. The maximum Gasteiger partial charge on any atom is 0.335 e. The van der Waals surface area contributed by atoms with Crippen molar-refractivity contribution in [2.75, 3.05) is 13.2 Å². The van der Waals surface area contributed by atoms with Crippen LogP contribution in [0.15, 0.2) is 36.4 Å². The molecule has 8 nitrogen and oxygen atoms in total. The molecule has 0 fully saturated rings. The monoisotopic (exact) mass is 391 g/mol. The first-order chi connectivity index (χ1) is 12.9. The number of carboxylic acid groups (broad SMARTS) is 1. The number of nitro groups is 1. The van der Waals surface area contributed by atoms with Crippen molar-refractivity contribution in [1.29, 1.82) is 0 Å². The van der Waals surface area contributed by atoms with Gasteiger partial charge < -0.3 is 19.4 Å². The van der Waals surface area contributed by atoms with Crippen LogP contribution in [0.4, 0.5) is 5.69 Å². The normalized spacial score (nSPS) is 18.1. The second-order valence-corrected chi connectivity index (χ2v) is 6.48. The van der Waals surface area contributed by atoms with E-state index in [-0.39, 0.29) is 24.5 Å². The van der Waals surface area contributed by atoms with E-state index in [1.165, 1.54) is 12.1 Å². The van der Waals surface area contributed by atoms with E-state index < -0.39 is 22.0 Å². The number of fused-ring (bicyclic) bond motifs is 1. The Balaban J connectivity index is 1.93. The molecule has 1 heterocycles. The van der Waals surface area contributed by atoms with Gasteiger partial charge in [-0.3, -0.25) is 10.1 Å². The van der Waals surface area contributed by atoms with Crippen LogP contribution >= 0.6 is 11.6 Å². The molecule has 0 aliphatic carbocycles. The van der Waals surface area contributed by atoms with Crippen molar-refractivity contribution in [3.8, 4) is 11.5 Å². The third kappa shape index (κ3) is 3.56. The summed E-state index contributed by atoms with van der Waals surface area (Å²) in [6.07, 6.45) is 1.06. The zero-order chi connectivity index (χ0) is 19.6. The molecule has 1 atom stereocenters. The SMILES string of the molecule is O=CC1(COc2ccc(C(=O)O)cc2[N+](=O)[O-])CCOc2cc(Cl)ccc21. The van der Waals surface area contributed by atoms with Gasteiger partial charge in [0.25, 0.3) is 0 Å². The fraction of sp³-hybridized carbons (Fsp3) is 0.222. The Hall–Kier alpha value is -3.13. The molecule has 0 aromatic heterocycles. The Morgan fingerprint density at radius 3 is 2.81 bits per heavy atom. The number of carboxylic acids is 1. The molecule has 140 valence electrons. The lowest BCUT2D eigenvalue weighted by atomic mass is 9.78. The second kappa shape index (κ2) is 7.24. The van der Waals surface area contributed by atoms with Gasteiger partial charge in [0, 0.05) is 23.1 Å². The minimum Gasteiger partial charge on any atom is -0.493 e. The highest BCUT2D eigenvalue weighted by molar-refractivity contribution is 6.30. The largest absolute Gasteiger partial charge is 0.493 e. The predicted octanol–water partition coefficient (Wildman–Crippen LogP) is 3.24. The number of aldehydes is 1. The van der Waals surface area contributed by atoms with Crippen LogP contribution in [0.5, 0.6) is 11.5 Å². The van der Waals surface area contributed by atoms with Crippen molar-refractivity contribution < 1.29 is 29.1 Å². The molecule has 2 aromatic rings. The summed E-state index contributed by atoms with van der Waals surface area (Å²) in [4.78, 5) is 33.5. The molecule has 1 N–H and O–H groups in total. The van der Waals surface area contributed by atoms with Gasteiger partial charge in [-0.1, -0.05) is 17.7 Å². The zero-order valence-electron chi connectivity index (χ0n) is 13.9. The van der Waals surface area contributed by atoms with Gasteiger partial charge in [-0.15, -0.1) is 0 Å². The molecule has 0 spiro atoms. The number of hydrogen-bond donors (Lipinski definition) is 1. The third-order valence-corrected chi connectivity index (χ3v) is 4.63. The molecule has 0 amide bonds. The number of rotatable bonds is 6. The second-order valence-electron chi connectivity index (χ2n) is 6.05. The molecule has 1 aliphatic heterocycles. The van der Waals surface area contributed by atoms with E-state index in [9.17, 15) is 19.7 Å². The molecule has 27 heavy (non-hydrogen) atoms. The van der Waals surface area contributed by atoms with E-state index in [0.29, 0.717) is 22.8 Å². The number of benzene rings is 2. The van der Waals surface area contributed by atoms with Crippen molar-refractivity contribution in [3.63, 3.8) is 0 Å². The van der Waals surface area contributed by atoms with Crippen molar-refractivity contribution >= 4 is 29.5 Å². The Kier molecular flexibility index (Phi) is 5.00. The quantitative estimate of drug-likeness (QED) is 0.456. The maximum atomic E-state index is 11.9. The number of hydrogen-bond acceptors (Lipinski definition) is 6. The molecule has 0 bridgehead atoms. The summed E-state index contributed by atoms with van der Waals surface area (Å²) in [5.41, 5.74) is -1.19. The summed E-state index contributed by atoms with van der Waals surface area (Å²) in [6, 6.07) is 8.22. The number of nitrogens with zero attached hydrogens (tertiary/aromatic N) is 1. The Morgan fingerprint density at radius 1 is 1.37 bits per heavy atom. The van der Waals surface area contributed by atoms with Crippen LogP contribution in [0.1, 0.15) is 22.3 Å². The molecule has 9 heteroatoms. The first-order valence-electron chi connectivity index (χ1n) is 7.90. The van der Waals surface area contributed by atoms with Gasteiger partial charge >= 0.3 is 11.7 Å². The van der Waals surface area contributed by atoms with E-state index in [4.69, 9.17) is 26.2 Å². The number of nitro benzene ring substituents is 1. The molecule has 3 rings (SSSR count). The first-order valence-corrected chi connectivity index (χ1v) is 8.28. The molecular weight excluding hydrogens is 378 g/mol. The molecule has 1 unspecified atom stereocenters. The van der Waals surface area contributed by atoms with E-state index in [2.05, 4.69) is 0 Å². The average Bonchev–Trinajstić information content (AvgIpc) is 2.65. The van der Waals surface area contributed by atoms with Crippen LogP contribution in [0.3, 0.4) is 0 Å². The molecular formula is C18H14ClNO7. The van der Waals surface area contributed by atoms with E-state index in [1.807, 2.05) is 0 Å². The fourth-order valence-electron chi connectivity index (χ4n) is 2.93. The van der Waals surface area contributed by atoms with E-state index in [1.54, 1.807) is 18.2 Å². The van der Waals surface area contributed by atoms with E-state index in [0.717, 1.165) is 12.4 Å². The highest BCUT2D eigenvalue weighted by atomic mass is 35.5. The van der Waals surface area contributed by atoms with Crippen LogP contribution in [-0.2, 0) is 10.2 Å². The smallest absolute Gasteiger partial charge is 0.335 e. The first kappa shape index (κ1) is 18.7. The number of ether oxygens (including phenoxy) is 2. The number of carbonyl (C=O) groups excluding carboxylic acids is 1. The maximum absolute atomic E-state index is 11.9. The van der Waals surface area contributed by atoms with Crippen molar-refractivity contribution in [1.82, 2.24) is 0 Å². The lowest BCUT2D eigenvalue weighted by Gasteiger charge is -2.34. The van der Waals surface area contributed by atoms with Gasteiger partial charge in [0.15, 0.2) is 5.75 Å². The summed E-state index contributed by atoms with van der Waals surface area (Å²) in [7, 11) is 0. The molecule has 0 saturated heterocycles. The molecule has 0 radical (unpaired) electrons. The molecule has 1 aliphatic rings. The summed E-state index contributed by atoms with van der Waals surface area (Å²) in [6.45, 7) is 0.0945. The zero-order valence-corrected chi connectivity index (χ0v) is 14.6. The van der Waals surface area contributed by atoms with Gasteiger partial charge in [0.1, 0.15) is 18.6 Å². The van der Waals surface area contributed by atoms with Crippen molar-refractivity contribution in [2.24, 2.45) is 0 Å². The average molecular weight is 392 g/mol. The Morgan fingerprint density at radius 2 is 2.15 bits per heavy atom. The number of carbonyl (C=O) groups is 2. The molecule has 0 saturated carbocycles. The van der Waals surface area contributed by atoms with Crippen LogP contribution in [-0.4, -0.2) is 35.5 Å². The lowest BCUT2D eigenvalue weighted by molar-refractivity contribution is -0.385.